The van der Waals surface area contributed by atoms with Crippen LogP contribution in [0.3, 0.4) is 0 Å². The molecule has 3 heterocycles. The first-order chi connectivity index (χ1) is 16.6. The summed E-state index contributed by atoms with van der Waals surface area (Å²) in [5, 5.41) is 9.88. The molecule has 1 aliphatic heterocycles. The molecule has 0 spiro atoms. The van der Waals surface area contributed by atoms with Gasteiger partial charge in [0.05, 0.1) is 29.2 Å². The van der Waals surface area contributed by atoms with Gasteiger partial charge in [-0.25, -0.2) is 9.97 Å². The fourth-order valence-electron chi connectivity index (χ4n) is 4.51. The number of fused-ring (bicyclic) bond motifs is 2. The molecule has 0 aliphatic carbocycles. The maximum atomic E-state index is 9.88. The number of hydrogen-bond donors (Lipinski definition) is 3. The molecule has 0 bridgehead atoms. The Morgan fingerprint density at radius 2 is 1.41 bits per heavy atom. The molecular formula is C26H26N6O2. The van der Waals surface area contributed by atoms with Crippen LogP contribution in [0.4, 0.5) is 5.69 Å². The first kappa shape index (κ1) is 20.6. The number of nitrogens with one attached hydrogen (secondary N) is 2. The minimum absolute atomic E-state index is 0.102. The minimum atomic E-state index is 0.102. The number of aromatic hydroxyl groups is 1. The number of rotatable bonds is 4. The number of phenolic OH excluding ortho intramolecular Hbond substituents is 1. The topological polar surface area (TPSA) is 93.3 Å². The lowest BCUT2D eigenvalue weighted by Crippen LogP contribution is -2.44. The van der Waals surface area contributed by atoms with Gasteiger partial charge in [0.2, 0.25) is 0 Å². The van der Waals surface area contributed by atoms with Crippen LogP contribution < -0.4 is 9.64 Å². The first-order valence-electron chi connectivity index (χ1n) is 11.4. The normalized spacial score (nSPS) is 14.8. The highest BCUT2D eigenvalue weighted by molar-refractivity contribution is 5.87. The molecule has 6 rings (SSSR count). The summed E-state index contributed by atoms with van der Waals surface area (Å²) in [6, 6.07) is 17.7. The van der Waals surface area contributed by atoms with Crippen molar-refractivity contribution in [2.24, 2.45) is 0 Å². The van der Waals surface area contributed by atoms with Crippen molar-refractivity contribution in [2.75, 3.05) is 45.2 Å². The quantitative estimate of drug-likeness (QED) is 0.376. The molecule has 0 saturated carbocycles. The number of methoxy groups -OCH3 is 1. The zero-order valence-corrected chi connectivity index (χ0v) is 19.2. The number of piperazine rings is 1. The van der Waals surface area contributed by atoms with E-state index < -0.39 is 0 Å². The fourth-order valence-corrected chi connectivity index (χ4v) is 4.51. The van der Waals surface area contributed by atoms with Crippen LogP contribution in [0, 0.1) is 0 Å². The summed E-state index contributed by atoms with van der Waals surface area (Å²) >= 11 is 0. The molecule has 0 atom stereocenters. The lowest BCUT2D eigenvalue weighted by Gasteiger charge is -2.34. The number of aromatic amines is 2. The number of phenols is 1. The second kappa shape index (κ2) is 8.07. The average Bonchev–Trinajstić information content (AvgIpc) is 3.48. The van der Waals surface area contributed by atoms with E-state index in [4.69, 9.17) is 14.7 Å². The van der Waals surface area contributed by atoms with E-state index in [9.17, 15) is 5.11 Å². The largest absolute Gasteiger partial charge is 0.504 e. The molecular weight excluding hydrogens is 428 g/mol. The van der Waals surface area contributed by atoms with E-state index in [2.05, 4.69) is 51.1 Å². The molecule has 34 heavy (non-hydrogen) atoms. The molecule has 5 aromatic rings. The first-order valence-corrected chi connectivity index (χ1v) is 11.4. The van der Waals surface area contributed by atoms with Gasteiger partial charge in [-0.15, -0.1) is 0 Å². The Balaban J connectivity index is 1.32. The molecule has 1 aliphatic rings. The maximum Gasteiger partial charge on any atom is 0.161 e. The van der Waals surface area contributed by atoms with Crippen molar-refractivity contribution in [3.8, 4) is 34.3 Å². The number of anilines is 1. The van der Waals surface area contributed by atoms with Gasteiger partial charge in [-0.05, 0) is 61.6 Å². The molecule has 1 fully saturated rings. The van der Waals surface area contributed by atoms with Gasteiger partial charge >= 0.3 is 0 Å². The molecule has 0 amide bonds. The molecule has 0 unspecified atom stereocenters. The summed E-state index contributed by atoms with van der Waals surface area (Å²) in [4.78, 5) is 21.2. The Labute approximate surface area is 196 Å². The lowest BCUT2D eigenvalue weighted by atomic mass is 10.2. The van der Waals surface area contributed by atoms with Crippen molar-refractivity contribution in [1.82, 2.24) is 24.8 Å². The van der Waals surface area contributed by atoms with E-state index in [0.717, 1.165) is 65.2 Å². The van der Waals surface area contributed by atoms with Gasteiger partial charge < -0.3 is 29.6 Å². The number of hydrogen-bond acceptors (Lipinski definition) is 6. The van der Waals surface area contributed by atoms with E-state index in [1.807, 2.05) is 18.2 Å². The zero-order chi connectivity index (χ0) is 23.2. The molecule has 3 N–H and O–H groups in total. The predicted octanol–water partition coefficient (Wildman–Crippen LogP) is 4.24. The van der Waals surface area contributed by atoms with Crippen LogP contribution in [0.1, 0.15) is 0 Å². The second-order valence-corrected chi connectivity index (χ2v) is 8.78. The van der Waals surface area contributed by atoms with Gasteiger partial charge in [-0.2, -0.15) is 0 Å². The highest BCUT2D eigenvalue weighted by Crippen LogP contribution is 2.32. The molecule has 1 saturated heterocycles. The van der Waals surface area contributed by atoms with Crippen LogP contribution in [0.2, 0.25) is 0 Å². The number of aromatic nitrogens is 4. The van der Waals surface area contributed by atoms with Crippen molar-refractivity contribution in [1.29, 1.82) is 0 Å². The Morgan fingerprint density at radius 3 is 2.12 bits per heavy atom. The Bertz CT molecular complexity index is 1500. The Kier molecular flexibility index (Phi) is 4.88. The summed E-state index contributed by atoms with van der Waals surface area (Å²) in [6.07, 6.45) is 0. The number of nitrogens with zero attached hydrogens (tertiary/aromatic N) is 4. The standard InChI is InChI=1S/C26H26N6O2/c1-31-9-11-32(12-10-31)18-5-7-20-22(15-18)30-25(28-20)16-3-6-19-21(13-16)29-26(27-19)17-4-8-23(33)24(14-17)34-2/h3-8,13-15,33H,9-12H2,1-2H3,(H,27,29)(H,28,30). The minimum Gasteiger partial charge on any atom is -0.504 e. The molecule has 3 aromatic carbocycles. The van der Waals surface area contributed by atoms with E-state index in [1.54, 1.807) is 12.1 Å². The number of imidazole rings is 2. The summed E-state index contributed by atoms with van der Waals surface area (Å²) in [7, 11) is 3.70. The van der Waals surface area contributed by atoms with Crippen LogP contribution in [0.5, 0.6) is 11.5 Å². The van der Waals surface area contributed by atoms with E-state index in [0.29, 0.717) is 11.6 Å². The third-order valence-corrected chi connectivity index (χ3v) is 6.54. The Hall–Kier alpha value is -4.04. The lowest BCUT2D eigenvalue weighted by molar-refractivity contribution is 0.313. The van der Waals surface area contributed by atoms with Crippen LogP contribution in [0.25, 0.3) is 44.8 Å². The summed E-state index contributed by atoms with van der Waals surface area (Å²) in [6.45, 7) is 4.23. The highest BCUT2D eigenvalue weighted by atomic mass is 16.5. The smallest absolute Gasteiger partial charge is 0.161 e. The van der Waals surface area contributed by atoms with Crippen molar-refractivity contribution >= 4 is 27.8 Å². The summed E-state index contributed by atoms with van der Waals surface area (Å²) in [5.41, 5.74) is 6.82. The number of ether oxygens (including phenoxy) is 1. The summed E-state index contributed by atoms with van der Waals surface area (Å²) in [5.74, 6) is 2.06. The van der Waals surface area contributed by atoms with Crippen LogP contribution >= 0.6 is 0 Å². The Morgan fingerprint density at radius 1 is 0.794 bits per heavy atom. The fraction of sp³-hybridized carbons (Fsp3) is 0.231. The van der Waals surface area contributed by atoms with Crippen molar-refractivity contribution in [3.05, 3.63) is 54.6 Å². The van der Waals surface area contributed by atoms with E-state index in [1.165, 1.54) is 12.8 Å². The molecule has 172 valence electrons. The van der Waals surface area contributed by atoms with Gasteiger partial charge in [0.15, 0.2) is 11.5 Å². The van der Waals surface area contributed by atoms with E-state index >= 15 is 0 Å². The van der Waals surface area contributed by atoms with Gasteiger partial charge in [-0.1, -0.05) is 0 Å². The number of benzene rings is 3. The molecule has 0 radical (unpaired) electrons. The van der Waals surface area contributed by atoms with Crippen molar-refractivity contribution in [2.45, 2.75) is 0 Å². The van der Waals surface area contributed by atoms with Gasteiger partial charge in [-0.3, -0.25) is 0 Å². The van der Waals surface area contributed by atoms with Gasteiger partial charge in [0, 0.05) is 43.0 Å². The van der Waals surface area contributed by atoms with Crippen LogP contribution in [-0.4, -0.2) is 70.3 Å². The summed E-state index contributed by atoms with van der Waals surface area (Å²) < 4.78 is 5.23. The van der Waals surface area contributed by atoms with Crippen LogP contribution in [-0.2, 0) is 0 Å². The van der Waals surface area contributed by atoms with Crippen LogP contribution in [0.15, 0.2) is 54.6 Å². The van der Waals surface area contributed by atoms with Gasteiger partial charge in [0.25, 0.3) is 0 Å². The van der Waals surface area contributed by atoms with E-state index in [-0.39, 0.29) is 5.75 Å². The van der Waals surface area contributed by atoms with Gasteiger partial charge in [0.1, 0.15) is 11.6 Å². The van der Waals surface area contributed by atoms with Crippen molar-refractivity contribution < 1.29 is 9.84 Å². The number of likely N-dealkylation sites (N-methyl/N-ethyl adjacent to an activating group) is 1. The molecule has 8 nitrogen and oxygen atoms in total. The third kappa shape index (κ3) is 3.62. The predicted molar refractivity (Wildman–Crippen MR) is 135 cm³/mol. The SMILES string of the molecule is COc1cc(-c2nc3ccc(-c4nc5ccc(N6CCN(C)CC6)cc5[nH]4)cc3[nH]2)ccc1O. The maximum absolute atomic E-state index is 9.88. The third-order valence-electron chi connectivity index (χ3n) is 6.54. The van der Waals surface area contributed by atoms with Crippen molar-refractivity contribution in [3.63, 3.8) is 0 Å². The molecule has 8 heteroatoms. The zero-order valence-electron chi connectivity index (χ0n) is 19.2. The average molecular weight is 455 g/mol. The second-order valence-electron chi connectivity index (χ2n) is 8.78. The molecule has 2 aromatic heterocycles. The highest BCUT2D eigenvalue weighted by Gasteiger charge is 2.16. The monoisotopic (exact) mass is 454 g/mol. The number of H-pyrrole nitrogens is 2.